The molecule has 9 heteroatoms. The molecule has 0 saturated heterocycles. The van der Waals surface area contributed by atoms with Crippen LogP contribution in [0.4, 0.5) is 0 Å². The van der Waals surface area contributed by atoms with Crippen LogP contribution in [-0.2, 0) is 5.41 Å². The van der Waals surface area contributed by atoms with Crippen LogP contribution in [-0.4, -0.2) is 42.3 Å². The first kappa shape index (κ1) is 37.2. The molecule has 8 nitrogen and oxygen atoms in total. The van der Waals surface area contributed by atoms with E-state index in [9.17, 15) is 5.11 Å². The molecule has 10 rings (SSSR count). The van der Waals surface area contributed by atoms with E-state index >= 15 is 0 Å². The maximum atomic E-state index is 11.9. The lowest BCUT2D eigenvalue weighted by Crippen LogP contribution is -2.37. The quantitative estimate of drug-likeness (QED) is 0.161. The monoisotopic (exact) mass is 800 g/mol. The predicted molar refractivity (Wildman–Crippen MR) is 246 cm³/mol. The number of aromatic hydroxyl groups is 1. The van der Waals surface area contributed by atoms with Gasteiger partial charge in [-0.1, -0.05) is 137 Å². The highest BCUT2D eigenvalue weighted by Crippen LogP contribution is 2.44. The zero-order valence-corrected chi connectivity index (χ0v) is 35.5. The molecule has 0 bridgehead atoms. The third-order valence-corrected chi connectivity index (χ3v) is 13.5. The van der Waals surface area contributed by atoms with Gasteiger partial charge in [0, 0.05) is 22.9 Å². The van der Waals surface area contributed by atoms with Gasteiger partial charge in [0.05, 0.1) is 30.5 Å². The fourth-order valence-corrected chi connectivity index (χ4v) is 9.32. The van der Waals surface area contributed by atoms with E-state index in [2.05, 4.69) is 170 Å². The summed E-state index contributed by atoms with van der Waals surface area (Å²) in [7, 11) is -1.73. The van der Waals surface area contributed by atoms with Crippen LogP contribution >= 0.6 is 0 Å². The number of oxazole rings is 1. The first-order valence-corrected chi connectivity index (χ1v) is 23.8. The van der Waals surface area contributed by atoms with Gasteiger partial charge in [0.15, 0.2) is 11.4 Å². The molecule has 0 aliphatic rings. The summed E-state index contributed by atoms with van der Waals surface area (Å²) < 4.78 is 10.2. The number of nitrogens with zero attached hydrogens (tertiary/aromatic N) is 6. The molecule has 294 valence electrons. The summed E-state index contributed by atoms with van der Waals surface area (Å²) in [4.78, 5) is 14.8. The minimum atomic E-state index is -1.73. The smallest absolute Gasteiger partial charge is 0.325 e. The van der Waals surface area contributed by atoms with Crippen LogP contribution in [0.2, 0.25) is 19.6 Å². The van der Waals surface area contributed by atoms with Gasteiger partial charge in [-0.25, -0.2) is 4.98 Å². The third-order valence-electron chi connectivity index (χ3n) is 11.4. The molecule has 4 heterocycles. The molecule has 0 spiro atoms. The number of hydrogen-bond acceptors (Lipinski definition) is 6. The molecule has 0 aliphatic heterocycles. The molecular formula is C51H44N6O2Si. The van der Waals surface area contributed by atoms with Crippen molar-refractivity contribution in [1.82, 2.24) is 29.1 Å². The maximum absolute atomic E-state index is 11.9. The van der Waals surface area contributed by atoms with Crippen molar-refractivity contribution < 1.29 is 9.52 Å². The first-order chi connectivity index (χ1) is 28.9. The molecule has 0 amide bonds. The van der Waals surface area contributed by atoms with Crippen LogP contribution in [0.25, 0.3) is 89.7 Å². The highest BCUT2D eigenvalue weighted by atomic mass is 28.3. The van der Waals surface area contributed by atoms with Gasteiger partial charge in [0.1, 0.15) is 23.2 Å². The summed E-state index contributed by atoms with van der Waals surface area (Å²) in [6, 6.07) is 48.6. The highest BCUT2D eigenvalue weighted by Gasteiger charge is 2.28. The number of para-hydroxylation sites is 1. The topological polar surface area (TPSA) is 94.3 Å². The Labute approximate surface area is 349 Å². The number of phenolic OH excluding ortho intramolecular Hbond substituents is 1. The second-order valence-corrected chi connectivity index (χ2v) is 22.6. The van der Waals surface area contributed by atoms with E-state index in [0.29, 0.717) is 28.3 Å². The van der Waals surface area contributed by atoms with Crippen LogP contribution < -0.4 is 5.19 Å². The van der Waals surface area contributed by atoms with Crippen molar-refractivity contribution in [2.45, 2.75) is 45.8 Å². The summed E-state index contributed by atoms with van der Waals surface area (Å²) in [6.45, 7) is 13.8. The molecule has 0 unspecified atom stereocenters. The van der Waals surface area contributed by atoms with Crippen LogP contribution in [0.5, 0.6) is 5.75 Å². The second-order valence-electron chi connectivity index (χ2n) is 17.5. The lowest BCUT2D eigenvalue weighted by Gasteiger charge is -2.22. The molecule has 6 aromatic carbocycles. The lowest BCUT2D eigenvalue weighted by atomic mass is 9.83. The van der Waals surface area contributed by atoms with Crippen LogP contribution in [0.15, 0.2) is 156 Å². The summed E-state index contributed by atoms with van der Waals surface area (Å²) in [6.07, 6.45) is 3.36. The zero-order chi connectivity index (χ0) is 41.3. The zero-order valence-electron chi connectivity index (χ0n) is 34.5. The maximum Gasteiger partial charge on any atom is 0.325 e. The van der Waals surface area contributed by atoms with Gasteiger partial charge in [-0.05, 0) is 81.8 Å². The van der Waals surface area contributed by atoms with E-state index in [4.69, 9.17) is 14.4 Å². The van der Waals surface area contributed by atoms with Crippen LogP contribution in [0.1, 0.15) is 26.3 Å². The van der Waals surface area contributed by atoms with Crippen molar-refractivity contribution in [1.29, 1.82) is 0 Å². The van der Waals surface area contributed by atoms with Crippen molar-refractivity contribution in [3.63, 3.8) is 0 Å². The molecular weight excluding hydrogens is 757 g/mol. The lowest BCUT2D eigenvalue weighted by molar-refractivity contribution is 0.476. The van der Waals surface area contributed by atoms with E-state index in [1.54, 1.807) is 16.6 Å². The Balaban J connectivity index is 1.27. The van der Waals surface area contributed by atoms with Crippen molar-refractivity contribution in [3.8, 4) is 67.5 Å². The van der Waals surface area contributed by atoms with Crippen molar-refractivity contribution in [2.24, 2.45) is 0 Å². The Morgan fingerprint density at radius 2 is 1.38 bits per heavy atom. The van der Waals surface area contributed by atoms with Gasteiger partial charge in [-0.15, -0.1) is 0 Å². The Morgan fingerprint density at radius 1 is 0.633 bits per heavy atom. The average molecular weight is 801 g/mol. The fraction of sp³-hybridized carbons (Fsp3) is 0.137. The van der Waals surface area contributed by atoms with Gasteiger partial charge >= 0.3 is 5.84 Å². The van der Waals surface area contributed by atoms with E-state index in [-0.39, 0.29) is 11.2 Å². The largest absolute Gasteiger partial charge is 0.507 e. The molecule has 0 aliphatic carbocycles. The Hall–Kier alpha value is -7.10. The Kier molecular flexibility index (Phi) is 8.69. The molecule has 10 aromatic rings. The van der Waals surface area contributed by atoms with Crippen molar-refractivity contribution >= 4 is 41.2 Å². The molecule has 1 N–H and O–H groups in total. The highest BCUT2D eigenvalue weighted by molar-refractivity contribution is 6.88. The fourth-order valence-electron chi connectivity index (χ4n) is 8.16. The third kappa shape index (κ3) is 6.38. The summed E-state index contributed by atoms with van der Waals surface area (Å²) in [5.41, 5.74) is 13.5. The van der Waals surface area contributed by atoms with Gasteiger partial charge in [0.2, 0.25) is 0 Å². The van der Waals surface area contributed by atoms with Gasteiger partial charge in [0.25, 0.3) is 0 Å². The number of benzene rings is 6. The molecule has 4 aromatic heterocycles. The normalized spacial score (nSPS) is 12.2. The Morgan fingerprint density at radius 3 is 2.13 bits per heavy atom. The molecule has 0 saturated carbocycles. The van der Waals surface area contributed by atoms with Gasteiger partial charge in [-0.2, -0.15) is 14.6 Å². The minimum absolute atomic E-state index is 0.0407. The van der Waals surface area contributed by atoms with E-state index in [1.807, 2.05) is 18.3 Å². The van der Waals surface area contributed by atoms with Gasteiger partial charge < -0.3 is 9.52 Å². The average Bonchev–Trinajstić information content (AvgIpc) is 3.97. The molecule has 0 atom stereocenters. The van der Waals surface area contributed by atoms with E-state index < -0.39 is 8.07 Å². The molecule has 0 radical (unpaired) electrons. The number of rotatable bonds is 7. The predicted octanol–water partition coefficient (Wildman–Crippen LogP) is 12.1. The summed E-state index contributed by atoms with van der Waals surface area (Å²) >= 11 is 0. The number of aromatic nitrogens is 6. The van der Waals surface area contributed by atoms with Crippen molar-refractivity contribution in [3.05, 3.63) is 158 Å². The minimum Gasteiger partial charge on any atom is -0.507 e. The number of pyridine rings is 1. The molecule has 60 heavy (non-hydrogen) atoms. The van der Waals surface area contributed by atoms with Gasteiger partial charge in [-0.3, -0.25) is 9.55 Å². The SMILES string of the molecule is CC(C)(C)c1cc(-c2cc(-c3ccccc3)ccn2)cc(-c2cccc3c2nc(-c2c(O)ccc4c2oc2ncnn24)n3-c2ccc([Si](C)(C)C)cc2-c2ccccc2)c1. The van der Waals surface area contributed by atoms with Crippen molar-refractivity contribution in [2.75, 3.05) is 0 Å². The van der Waals surface area contributed by atoms with Crippen LogP contribution in [0.3, 0.4) is 0 Å². The number of imidazole rings is 1. The number of phenols is 1. The number of hydrogen-bond donors (Lipinski definition) is 1. The van der Waals surface area contributed by atoms with E-state index in [1.165, 1.54) is 17.1 Å². The van der Waals surface area contributed by atoms with Crippen LogP contribution in [0, 0.1) is 0 Å². The molecule has 0 fully saturated rings. The Bertz CT molecular complexity index is 3240. The standard InChI is InChI=1S/C51H44N6O2Si/c1-51(2,3)37-27-35(26-36(28-37)41-29-34(24-25-52-41)32-14-9-7-10-15-32)39-18-13-19-43-47(39)55-49(46-45(58)23-22-44-48(46)59-50-53-31-54-57(44)50)56(43)42-21-20-38(60(4,5)6)30-40(42)33-16-11-8-12-17-33/h7-31,58H,1-6H3. The van der Waals surface area contributed by atoms with E-state index in [0.717, 1.165) is 61.4 Å². The first-order valence-electron chi connectivity index (χ1n) is 20.3. The summed E-state index contributed by atoms with van der Waals surface area (Å²) in [5.74, 6) is 0.917. The second kappa shape index (κ2) is 14.0. The number of fused-ring (bicyclic) bond motifs is 4. The summed E-state index contributed by atoms with van der Waals surface area (Å²) in [5, 5.41) is 17.6.